The van der Waals surface area contributed by atoms with Crippen LogP contribution in [0.3, 0.4) is 0 Å². The van der Waals surface area contributed by atoms with Gasteiger partial charge in [-0.1, -0.05) is 26.7 Å². The van der Waals surface area contributed by atoms with E-state index in [-0.39, 0.29) is 0 Å². The Balaban J connectivity index is 2.16. The third-order valence-electron chi connectivity index (χ3n) is 2.42. The normalized spacial score (nSPS) is 19.9. The largest absolute Gasteiger partial charge is 0.414 e. The molecule has 1 nitrogen and oxygen atoms in total. The number of hydrogen-bond donors (Lipinski definition) is 0. The predicted molar refractivity (Wildman–Crippen MR) is 50.1 cm³/mol. The van der Waals surface area contributed by atoms with E-state index >= 15 is 0 Å². The van der Waals surface area contributed by atoms with Crippen molar-refractivity contribution in [3.8, 4) is 0 Å². The lowest BCUT2D eigenvalue weighted by Crippen LogP contribution is -2.22. The summed E-state index contributed by atoms with van der Waals surface area (Å²) in [4.78, 5) is 0. The molecule has 11 heavy (non-hydrogen) atoms. The van der Waals surface area contributed by atoms with Crippen molar-refractivity contribution in [2.75, 3.05) is 0 Å². The Hall–Kier alpha value is 0.177. The summed E-state index contributed by atoms with van der Waals surface area (Å²) in [5, 5.41) is 0. The van der Waals surface area contributed by atoms with Crippen molar-refractivity contribution in [1.82, 2.24) is 0 Å². The zero-order chi connectivity index (χ0) is 8.10. The van der Waals surface area contributed by atoms with Crippen LogP contribution in [-0.2, 0) is 4.43 Å². The minimum Gasteiger partial charge on any atom is -0.414 e. The van der Waals surface area contributed by atoms with Gasteiger partial charge in [0.05, 0.1) is 0 Å². The van der Waals surface area contributed by atoms with E-state index in [1.54, 1.807) is 0 Å². The second-order valence-corrected chi connectivity index (χ2v) is 6.00. The Morgan fingerprint density at radius 2 is 1.73 bits per heavy atom. The van der Waals surface area contributed by atoms with Crippen LogP contribution in [0.1, 0.15) is 39.5 Å². The van der Waals surface area contributed by atoms with Gasteiger partial charge in [0.1, 0.15) is 0 Å². The van der Waals surface area contributed by atoms with E-state index in [9.17, 15) is 0 Å². The number of rotatable bonds is 4. The molecular formula is C9H19OSi. The Labute approximate surface area is 71.9 Å². The van der Waals surface area contributed by atoms with E-state index in [1.165, 1.54) is 37.8 Å². The first-order valence-corrected chi connectivity index (χ1v) is 6.70. The molecule has 1 fully saturated rings. The molecule has 0 bridgehead atoms. The van der Waals surface area contributed by atoms with E-state index in [0.717, 1.165) is 0 Å². The fourth-order valence-corrected chi connectivity index (χ4v) is 3.20. The minimum atomic E-state index is -0.406. The molecule has 1 radical (unpaired) electrons. The standard InChI is InChI=1S/C9H19OSi/c1-3-11(4-2)10-9-7-5-6-8-9/h9H,3-8H2,1-2H3. The molecule has 2 heteroatoms. The molecule has 1 saturated carbocycles. The quantitative estimate of drug-likeness (QED) is 0.591. The highest BCUT2D eigenvalue weighted by atomic mass is 28.3. The Morgan fingerprint density at radius 1 is 1.18 bits per heavy atom. The van der Waals surface area contributed by atoms with E-state index < -0.39 is 9.04 Å². The second-order valence-electron chi connectivity index (χ2n) is 3.27. The average Bonchev–Trinajstić information content (AvgIpc) is 2.52. The van der Waals surface area contributed by atoms with Gasteiger partial charge in [-0.05, 0) is 24.9 Å². The summed E-state index contributed by atoms with van der Waals surface area (Å²) in [6.45, 7) is 4.51. The van der Waals surface area contributed by atoms with Gasteiger partial charge in [-0.3, -0.25) is 0 Å². The van der Waals surface area contributed by atoms with E-state index in [1.807, 2.05) is 0 Å². The first-order chi connectivity index (χ1) is 5.36. The summed E-state index contributed by atoms with van der Waals surface area (Å²) in [6.07, 6.45) is 6.09. The van der Waals surface area contributed by atoms with Crippen LogP contribution in [0.5, 0.6) is 0 Å². The van der Waals surface area contributed by atoms with Crippen LogP contribution in [0.4, 0.5) is 0 Å². The van der Waals surface area contributed by atoms with Crippen LogP contribution in [0.15, 0.2) is 0 Å². The third-order valence-corrected chi connectivity index (χ3v) is 4.67. The monoisotopic (exact) mass is 171 g/mol. The van der Waals surface area contributed by atoms with Gasteiger partial charge in [-0.25, -0.2) is 0 Å². The molecule has 0 heterocycles. The van der Waals surface area contributed by atoms with Crippen LogP contribution in [0, 0.1) is 0 Å². The molecule has 65 valence electrons. The van der Waals surface area contributed by atoms with E-state index in [2.05, 4.69) is 13.8 Å². The van der Waals surface area contributed by atoms with Crippen LogP contribution in [-0.4, -0.2) is 15.1 Å². The highest BCUT2D eigenvalue weighted by Gasteiger charge is 2.19. The summed E-state index contributed by atoms with van der Waals surface area (Å²) in [5.41, 5.74) is 0. The number of hydrogen-bond acceptors (Lipinski definition) is 1. The highest BCUT2D eigenvalue weighted by Crippen LogP contribution is 2.22. The second kappa shape index (κ2) is 4.94. The lowest BCUT2D eigenvalue weighted by atomic mass is 10.3. The summed E-state index contributed by atoms with van der Waals surface area (Å²) in [5.74, 6) is 0. The smallest absolute Gasteiger partial charge is 0.211 e. The molecule has 0 unspecified atom stereocenters. The van der Waals surface area contributed by atoms with Gasteiger partial charge < -0.3 is 4.43 Å². The fraction of sp³-hybridized carbons (Fsp3) is 1.00. The van der Waals surface area contributed by atoms with Crippen molar-refractivity contribution in [2.45, 2.75) is 57.7 Å². The van der Waals surface area contributed by atoms with Crippen molar-refractivity contribution in [3.63, 3.8) is 0 Å². The molecular weight excluding hydrogens is 152 g/mol. The molecule has 0 saturated heterocycles. The molecule has 0 amide bonds. The average molecular weight is 171 g/mol. The van der Waals surface area contributed by atoms with Gasteiger partial charge in [0, 0.05) is 6.10 Å². The SMILES string of the molecule is CC[Si](CC)OC1CCCC1. The molecule has 0 N–H and O–H groups in total. The van der Waals surface area contributed by atoms with Crippen LogP contribution < -0.4 is 0 Å². The Bertz CT molecular complexity index is 95.7. The van der Waals surface area contributed by atoms with Crippen LogP contribution in [0.2, 0.25) is 12.1 Å². The summed E-state index contributed by atoms with van der Waals surface area (Å²) in [7, 11) is -0.406. The molecule has 0 spiro atoms. The van der Waals surface area contributed by atoms with Gasteiger partial charge in [0.2, 0.25) is 9.04 Å². The Morgan fingerprint density at radius 3 is 2.18 bits per heavy atom. The van der Waals surface area contributed by atoms with Crippen LogP contribution in [0.25, 0.3) is 0 Å². The van der Waals surface area contributed by atoms with Gasteiger partial charge >= 0.3 is 0 Å². The molecule has 1 aliphatic carbocycles. The van der Waals surface area contributed by atoms with Crippen molar-refractivity contribution >= 4 is 9.04 Å². The lowest BCUT2D eigenvalue weighted by molar-refractivity contribution is 0.209. The van der Waals surface area contributed by atoms with Crippen molar-refractivity contribution in [3.05, 3.63) is 0 Å². The molecule has 1 aliphatic rings. The maximum Gasteiger partial charge on any atom is 0.211 e. The first kappa shape index (κ1) is 9.27. The minimum absolute atomic E-state index is 0.406. The predicted octanol–water partition coefficient (Wildman–Crippen LogP) is 2.98. The fourth-order valence-electron chi connectivity index (χ4n) is 1.66. The summed E-state index contributed by atoms with van der Waals surface area (Å²) < 4.78 is 6.01. The molecule has 0 aliphatic heterocycles. The van der Waals surface area contributed by atoms with Crippen molar-refractivity contribution < 1.29 is 4.43 Å². The highest BCUT2D eigenvalue weighted by molar-refractivity contribution is 6.51. The molecule has 1 rings (SSSR count). The van der Waals surface area contributed by atoms with Gasteiger partial charge in [0.25, 0.3) is 0 Å². The first-order valence-electron chi connectivity index (χ1n) is 4.88. The molecule has 0 aromatic rings. The third kappa shape index (κ3) is 2.95. The zero-order valence-corrected chi connectivity index (χ0v) is 8.73. The molecule has 0 aromatic carbocycles. The van der Waals surface area contributed by atoms with E-state index in [4.69, 9.17) is 4.43 Å². The molecule has 0 aromatic heterocycles. The topological polar surface area (TPSA) is 9.23 Å². The van der Waals surface area contributed by atoms with Crippen LogP contribution >= 0.6 is 0 Å². The molecule has 0 atom stereocenters. The maximum absolute atomic E-state index is 6.01. The van der Waals surface area contributed by atoms with Gasteiger partial charge in [-0.15, -0.1) is 0 Å². The van der Waals surface area contributed by atoms with Gasteiger partial charge in [0.15, 0.2) is 0 Å². The summed E-state index contributed by atoms with van der Waals surface area (Å²) >= 11 is 0. The lowest BCUT2D eigenvalue weighted by Gasteiger charge is -2.17. The summed E-state index contributed by atoms with van der Waals surface area (Å²) in [6, 6.07) is 2.55. The van der Waals surface area contributed by atoms with Crippen molar-refractivity contribution in [2.24, 2.45) is 0 Å². The van der Waals surface area contributed by atoms with Gasteiger partial charge in [-0.2, -0.15) is 0 Å². The maximum atomic E-state index is 6.01. The van der Waals surface area contributed by atoms with E-state index in [0.29, 0.717) is 6.10 Å². The zero-order valence-electron chi connectivity index (χ0n) is 7.73. The Kier molecular flexibility index (Phi) is 4.16. The van der Waals surface area contributed by atoms with Crippen molar-refractivity contribution in [1.29, 1.82) is 0 Å².